The molecule has 2 N–H and O–H groups in total. The van der Waals surface area contributed by atoms with Gasteiger partial charge in [0.15, 0.2) is 5.78 Å². The highest BCUT2D eigenvalue weighted by Crippen LogP contribution is 2.17. The van der Waals surface area contributed by atoms with Crippen LogP contribution in [-0.4, -0.2) is 29.2 Å². The van der Waals surface area contributed by atoms with Crippen molar-refractivity contribution in [1.82, 2.24) is 0 Å². The topological polar surface area (TPSA) is 130 Å². The molecule has 0 spiro atoms. The number of ether oxygens (including phenoxy) is 1. The number of benzene rings is 1. The van der Waals surface area contributed by atoms with Crippen molar-refractivity contribution in [3.63, 3.8) is 0 Å². The molecule has 21 heavy (non-hydrogen) atoms. The largest absolute Gasteiger partial charge is 0.465 e. The van der Waals surface area contributed by atoms with Crippen molar-refractivity contribution in [2.45, 2.75) is 13.3 Å². The van der Waals surface area contributed by atoms with E-state index in [9.17, 15) is 24.5 Å². The lowest BCUT2D eigenvalue weighted by molar-refractivity contribution is -0.384. The van der Waals surface area contributed by atoms with Crippen LogP contribution in [-0.2, 0) is 14.3 Å². The minimum absolute atomic E-state index is 0.0275. The van der Waals surface area contributed by atoms with Crippen molar-refractivity contribution in [2.75, 3.05) is 6.61 Å². The molecule has 0 saturated carbocycles. The lowest BCUT2D eigenvalue weighted by Gasteiger charge is -2.11. The number of primary amides is 1. The Labute approximate surface area is 120 Å². The van der Waals surface area contributed by atoms with Gasteiger partial charge in [-0.25, -0.2) is 0 Å². The highest BCUT2D eigenvalue weighted by molar-refractivity contribution is 6.05. The van der Waals surface area contributed by atoms with E-state index >= 15 is 0 Å². The third-order valence-corrected chi connectivity index (χ3v) is 2.68. The first-order valence-corrected chi connectivity index (χ1v) is 6.10. The molecule has 0 saturated heterocycles. The Morgan fingerprint density at radius 3 is 2.57 bits per heavy atom. The summed E-state index contributed by atoms with van der Waals surface area (Å²) in [4.78, 5) is 44.8. The van der Waals surface area contributed by atoms with Crippen LogP contribution in [0.15, 0.2) is 24.3 Å². The smallest absolute Gasteiger partial charge is 0.318 e. The van der Waals surface area contributed by atoms with Crippen LogP contribution in [0.25, 0.3) is 0 Å². The number of ketones is 1. The van der Waals surface area contributed by atoms with Gasteiger partial charge in [-0.1, -0.05) is 12.1 Å². The van der Waals surface area contributed by atoms with Crippen LogP contribution in [0.5, 0.6) is 0 Å². The molecule has 0 aromatic heterocycles. The summed E-state index contributed by atoms with van der Waals surface area (Å²) in [6.45, 7) is 1.60. The zero-order valence-corrected chi connectivity index (χ0v) is 11.3. The molecule has 0 radical (unpaired) electrons. The molecule has 1 amide bonds. The molecule has 0 aliphatic carbocycles. The molecule has 8 nitrogen and oxygen atoms in total. The van der Waals surface area contributed by atoms with Crippen LogP contribution >= 0.6 is 0 Å². The van der Waals surface area contributed by atoms with Crippen LogP contribution in [0, 0.1) is 16.0 Å². The Bertz CT molecular complexity index is 584. The number of nitrogens with zero attached hydrogens (tertiary/aromatic N) is 1. The monoisotopic (exact) mass is 294 g/mol. The molecule has 112 valence electrons. The lowest BCUT2D eigenvalue weighted by atomic mass is 9.97. The number of amides is 1. The minimum atomic E-state index is -1.41. The Balaban J connectivity index is 2.92. The average Bonchev–Trinajstić information content (AvgIpc) is 2.44. The van der Waals surface area contributed by atoms with Gasteiger partial charge in [-0.05, 0) is 6.92 Å². The van der Waals surface area contributed by atoms with E-state index in [-0.39, 0.29) is 17.9 Å². The van der Waals surface area contributed by atoms with E-state index in [0.29, 0.717) is 0 Å². The molecule has 1 atom stereocenters. The molecule has 0 bridgehead atoms. The zero-order valence-electron chi connectivity index (χ0n) is 11.3. The van der Waals surface area contributed by atoms with Crippen molar-refractivity contribution in [3.05, 3.63) is 39.9 Å². The summed E-state index contributed by atoms with van der Waals surface area (Å²) in [5.41, 5.74) is 4.84. The van der Waals surface area contributed by atoms with Crippen molar-refractivity contribution in [2.24, 2.45) is 11.7 Å². The molecule has 0 aliphatic rings. The molecule has 0 heterocycles. The number of non-ortho nitro benzene ring substituents is 1. The maximum Gasteiger partial charge on any atom is 0.318 e. The van der Waals surface area contributed by atoms with E-state index in [2.05, 4.69) is 4.74 Å². The Hall–Kier alpha value is -2.77. The molecular formula is C13H14N2O6. The number of hydrogen-bond acceptors (Lipinski definition) is 6. The maximum absolute atomic E-state index is 12.0. The van der Waals surface area contributed by atoms with Crippen molar-refractivity contribution in [1.29, 1.82) is 0 Å². The van der Waals surface area contributed by atoms with Gasteiger partial charge in [-0.15, -0.1) is 0 Å². The summed E-state index contributed by atoms with van der Waals surface area (Å²) in [6, 6.07) is 5.01. The number of carbonyl (C=O) groups excluding carboxylic acids is 3. The fourth-order valence-corrected chi connectivity index (χ4v) is 1.64. The number of esters is 1. The number of nitro groups is 1. The average molecular weight is 294 g/mol. The predicted molar refractivity (Wildman–Crippen MR) is 71.4 cm³/mol. The minimum Gasteiger partial charge on any atom is -0.465 e. The van der Waals surface area contributed by atoms with E-state index in [4.69, 9.17) is 5.73 Å². The number of hydrogen-bond donors (Lipinski definition) is 1. The number of rotatable bonds is 7. The molecule has 0 fully saturated rings. The summed E-state index contributed by atoms with van der Waals surface area (Å²) >= 11 is 0. The van der Waals surface area contributed by atoms with Gasteiger partial charge >= 0.3 is 5.97 Å². The normalized spacial score (nSPS) is 11.5. The fourth-order valence-electron chi connectivity index (χ4n) is 1.64. The first kappa shape index (κ1) is 16.3. The molecule has 0 aliphatic heterocycles. The molecule has 8 heteroatoms. The van der Waals surface area contributed by atoms with Crippen LogP contribution in [0.4, 0.5) is 5.69 Å². The third kappa shape index (κ3) is 4.37. The van der Waals surface area contributed by atoms with E-state index in [0.717, 1.165) is 6.07 Å². The molecular weight excluding hydrogens is 280 g/mol. The summed E-state index contributed by atoms with van der Waals surface area (Å²) in [5, 5.41) is 10.6. The van der Waals surface area contributed by atoms with E-state index < -0.39 is 34.9 Å². The molecule has 1 aromatic carbocycles. The fraction of sp³-hybridized carbons (Fsp3) is 0.308. The second-order valence-electron chi connectivity index (χ2n) is 4.14. The molecule has 1 rings (SSSR count). The van der Waals surface area contributed by atoms with Crippen LogP contribution in [0.2, 0.25) is 0 Å². The van der Waals surface area contributed by atoms with Crippen molar-refractivity contribution < 1.29 is 24.0 Å². The number of nitro benzene ring substituents is 1. The van der Waals surface area contributed by atoms with E-state index in [1.54, 1.807) is 6.92 Å². The van der Waals surface area contributed by atoms with Gasteiger partial charge < -0.3 is 10.5 Å². The van der Waals surface area contributed by atoms with Gasteiger partial charge in [0.1, 0.15) is 5.92 Å². The Morgan fingerprint density at radius 2 is 2.05 bits per heavy atom. The van der Waals surface area contributed by atoms with Crippen molar-refractivity contribution in [3.8, 4) is 0 Å². The highest BCUT2D eigenvalue weighted by atomic mass is 16.6. The maximum atomic E-state index is 12.0. The first-order valence-electron chi connectivity index (χ1n) is 6.10. The first-order chi connectivity index (χ1) is 9.86. The summed E-state index contributed by atoms with van der Waals surface area (Å²) in [7, 11) is 0. The second-order valence-corrected chi connectivity index (χ2v) is 4.14. The number of Topliss-reactive ketones (excluding diaryl/α,β-unsaturated/α-hetero) is 1. The van der Waals surface area contributed by atoms with E-state index in [1.807, 2.05) is 0 Å². The van der Waals surface area contributed by atoms with Crippen molar-refractivity contribution >= 4 is 23.3 Å². The number of carbonyl (C=O) groups is 3. The standard InChI is InChI=1S/C13H14N2O6/c1-2-21-13(18)10(12(14)17)7-11(16)8-4-3-5-9(6-8)15(19)20/h3-6,10H,2,7H2,1H3,(H2,14,17). The zero-order chi connectivity index (χ0) is 16.0. The van der Waals surface area contributed by atoms with Crippen LogP contribution in [0.1, 0.15) is 23.7 Å². The van der Waals surface area contributed by atoms with Gasteiger partial charge in [0, 0.05) is 24.1 Å². The number of nitrogens with two attached hydrogens (primary N) is 1. The Kier molecular flexibility index (Phi) is 5.53. The van der Waals surface area contributed by atoms with Gasteiger partial charge in [0.05, 0.1) is 11.5 Å². The van der Waals surface area contributed by atoms with Crippen LogP contribution < -0.4 is 5.73 Å². The lowest BCUT2D eigenvalue weighted by Crippen LogP contribution is -2.33. The van der Waals surface area contributed by atoms with Gasteiger partial charge in [0.2, 0.25) is 5.91 Å². The SMILES string of the molecule is CCOC(=O)C(CC(=O)c1cccc([N+](=O)[O-])c1)C(N)=O. The van der Waals surface area contributed by atoms with E-state index in [1.165, 1.54) is 18.2 Å². The quantitative estimate of drug-likeness (QED) is 0.260. The van der Waals surface area contributed by atoms with Crippen LogP contribution in [0.3, 0.4) is 0 Å². The third-order valence-electron chi connectivity index (χ3n) is 2.68. The molecule has 1 aromatic rings. The summed E-state index contributed by atoms with van der Waals surface area (Å²) in [6.07, 6.45) is -0.491. The Morgan fingerprint density at radius 1 is 1.38 bits per heavy atom. The van der Waals surface area contributed by atoms with Gasteiger partial charge in [-0.3, -0.25) is 24.5 Å². The summed E-state index contributed by atoms with van der Waals surface area (Å²) in [5.74, 6) is -3.87. The predicted octanol–water partition coefficient (Wildman–Crippen LogP) is 0.832. The van der Waals surface area contributed by atoms with Gasteiger partial charge in [-0.2, -0.15) is 0 Å². The highest BCUT2D eigenvalue weighted by Gasteiger charge is 2.29. The summed E-state index contributed by atoms with van der Waals surface area (Å²) < 4.78 is 4.66. The van der Waals surface area contributed by atoms with Gasteiger partial charge in [0.25, 0.3) is 5.69 Å². The second kappa shape index (κ2) is 7.13. The molecule has 1 unspecified atom stereocenters.